The summed E-state index contributed by atoms with van der Waals surface area (Å²) in [5.41, 5.74) is 12.3. The molecule has 0 aliphatic carbocycles. The second-order valence-electron chi connectivity index (χ2n) is 6.30. The van der Waals surface area contributed by atoms with Gasteiger partial charge in [-0.05, 0) is 37.1 Å². The number of nitrogens with zero attached hydrogens (tertiary/aromatic N) is 1. The Bertz CT molecular complexity index is 771. The molecule has 3 heteroatoms. The maximum absolute atomic E-state index is 6.24. The van der Waals surface area contributed by atoms with Crippen LogP contribution in [0.1, 0.15) is 30.9 Å². The molecule has 0 amide bonds. The van der Waals surface area contributed by atoms with Gasteiger partial charge in [0.1, 0.15) is 0 Å². The molecule has 130 valence electrons. The summed E-state index contributed by atoms with van der Waals surface area (Å²) >= 11 is 0. The number of nitrogen functional groups attached to an aromatic ring is 1. The number of hydrogen-bond acceptors (Lipinski definition) is 3. The Hall–Kier alpha value is -2.86. The van der Waals surface area contributed by atoms with Gasteiger partial charge in [-0.25, -0.2) is 0 Å². The van der Waals surface area contributed by atoms with Crippen LogP contribution in [0.15, 0.2) is 54.7 Å². The van der Waals surface area contributed by atoms with E-state index in [0.717, 1.165) is 36.5 Å². The van der Waals surface area contributed by atoms with Crippen LogP contribution in [-0.2, 0) is 6.54 Å². The van der Waals surface area contributed by atoms with E-state index in [-0.39, 0.29) is 0 Å². The van der Waals surface area contributed by atoms with E-state index in [1.165, 1.54) is 11.1 Å². The van der Waals surface area contributed by atoms with Gasteiger partial charge >= 0.3 is 0 Å². The molecule has 0 unspecified atom stereocenters. The summed E-state index contributed by atoms with van der Waals surface area (Å²) in [5.74, 6) is 2.74. The van der Waals surface area contributed by atoms with E-state index < -0.39 is 0 Å². The second kappa shape index (κ2) is 8.84. The minimum absolute atomic E-state index is 0.530. The summed E-state index contributed by atoms with van der Waals surface area (Å²) < 4.78 is 0. The summed E-state index contributed by atoms with van der Waals surface area (Å²) in [6.45, 7) is 9.53. The molecule has 0 fully saturated rings. The van der Waals surface area contributed by atoms with E-state index in [1.807, 2.05) is 18.2 Å². The number of anilines is 3. The lowest BCUT2D eigenvalue weighted by Crippen LogP contribution is -2.23. The van der Waals surface area contributed by atoms with Crippen LogP contribution >= 0.6 is 0 Å². The van der Waals surface area contributed by atoms with Gasteiger partial charge in [-0.2, -0.15) is 0 Å². The minimum Gasteiger partial charge on any atom is -0.397 e. The van der Waals surface area contributed by atoms with E-state index in [9.17, 15) is 0 Å². The van der Waals surface area contributed by atoms with Crippen molar-refractivity contribution in [3.63, 3.8) is 0 Å². The summed E-state index contributed by atoms with van der Waals surface area (Å²) in [6.07, 6.45) is 7.55. The molecule has 0 saturated carbocycles. The number of hydrogen-bond donors (Lipinski definition) is 2. The Kier molecular flexibility index (Phi) is 6.54. The topological polar surface area (TPSA) is 41.3 Å². The van der Waals surface area contributed by atoms with E-state index in [2.05, 4.69) is 60.8 Å². The number of terminal acetylenes is 1. The highest BCUT2D eigenvalue weighted by Crippen LogP contribution is 2.27. The highest BCUT2D eigenvalue weighted by molar-refractivity contribution is 5.73. The first-order chi connectivity index (χ1) is 12.0. The smallest absolute Gasteiger partial charge is 0.0795 e. The molecule has 3 nitrogen and oxygen atoms in total. The summed E-state index contributed by atoms with van der Waals surface area (Å²) in [7, 11) is 0. The standard InChI is InChI=1S/C22H27N3/c1-5-8-18(4)24-22-12-11-20(15-21(22)23)25(13-6-2)16-19-10-7-9-17(3)14-19/h2,7,9-12,14-15,24H,4-5,8,13,16,23H2,1,3H3. The number of nitrogens with one attached hydrogen (secondary N) is 1. The normalized spacial score (nSPS) is 10.1. The Morgan fingerprint density at radius 1 is 1.28 bits per heavy atom. The van der Waals surface area contributed by atoms with Crippen LogP contribution in [-0.4, -0.2) is 6.54 Å². The monoisotopic (exact) mass is 333 g/mol. The molecule has 0 aliphatic rings. The van der Waals surface area contributed by atoms with Crippen LogP contribution in [0.3, 0.4) is 0 Å². The number of aryl methyl sites for hydroxylation is 1. The van der Waals surface area contributed by atoms with Crippen molar-refractivity contribution in [1.82, 2.24) is 0 Å². The number of nitrogens with two attached hydrogens (primary N) is 1. The third-order valence-corrected chi connectivity index (χ3v) is 4.00. The molecule has 2 aromatic rings. The Morgan fingerprint density at radius 2 is 2.08 bits per heavy atom. The fraction of sp³-hybridized carbons (Fsp3) is 0.273. The zero-order valence-corrected chi connectivity index (χ0v) is 15.2. The van der Waals surface area contributed by atoms with Gasteiger partial charge < -0.3 is 16.0 Å². The minimum atomic E-state index is 0.530. The Labute approximate surface area is 151 Å². The molecular weight excluding hydrogens is 306 g/mol. The molecule has 25 heavy (non-hydrogen) atoms. The predicted molar refractivity (Wildman–Crippen MR) is 110 cm³/mol. The maximum Gasteiger partial charge on any atom is 0.0795 e. The highest BCUT2D eigenvalue weighted by atomic mass is 15.1. The van der Waals surface area contributed by atoms with E-state index in [4.69, 9.17) is 12.2 Å². The molecule has 0 spiro atoms. The molecule has 0 saturated heterocycles. The van der Waals surface area contributed by atoms with Gasteiger partial charge in [-0.1, -0.05) is 55.7 Å². The first-order valence-electron chi connectivity index (χ1n) is 8.61. The average Bonchev–Trinajstić information content (AvgIpc) is 2.56. The van der Waals surface area contributed by atoms with Gasteiger partial charge in [-0.3, -0.25) is 0 Å². The molecule has 3 N–H and O–H groups in total. The lowest BCUT2D eigenvalue weighted by Gasteiger charge is -2.24. The zero-order chi connectivity index (χ0) is 18.2. The van der Waals surface area contributed by atoms with Gasteiger partial charge in [-0.15, -0.1) is 6.42 Å². The third kappa shape index (κ3) is 5.32. The van der Waals surface area contributed by atoms with E-state index in [0.29, 0.717) is 12.2 Å². The second-order valence-corrected chi connectivity index (χ2v) is 6.30. The highest BCUT2D eigenvalue weighted by Gasteiger charge is 2.09. The van der Waals surface area contributed by atoms with Crippen LogP contribution < -0.4 is 16.0 Å². The summed E-state index contributed by atoms with van der Waals surface area (Å²) in [4.78, 5) is 2.15. The van der Waals surface area contributed by atoms with Crippen molar-refractivity contribution in [1.29, 1.82) is 0 Å². The van der Waals surface area contributed by atoms with Crippen molar-refractivity contribution in [2.75, 3.05) is 22.5 Å². The van der Waals surface area contributed by atoms with Crippen LogP contribution in [0.5, 0.6) is 0 Å². The van der Waals surface area contributed by atoms with Crippen LogP contribution in [0.2, 0.25) is 0 Å². The lowest BCUT2D eigenvalue weighted by atomic mass is 10.1. The van der Waals surface area contributed by atoms with Crippen LogP contribution in [0.4, 0.5) is 17.1 Å². The van der Waals surface area contributed by atoms with Gasteiger partial charge in [0.2, 0.25) is 0 Å². The van der Waals surface area contributed by atoms with Gasteiger partial charge in [0.15, 0.2) is 0 Å². The van der Waals surface area contributed by atoms with Crippen molar-refractivity contribution in [2.45, 2.75) is 33.2 Å². The fourth-order valence-corrected chi connectivity index (χ4v) is 2.79. The van der Waals surface area contributed by atoms with E-state index in [1.54, 1.807) is 0 Å². The van der Waals surface area contributed by atoms with Crippen molar-refractivity contribution in [3.05, 3.63) is 65.9 Å². The Morgan fingerprint density at radius 3 is 2.72 bits per heavy atom. The van der Waals surface area contributed by atoms with Crippen LogP contribution in [0, 0.1) is 19.3 Å². The molecule has 0 aliphatic heterocycles. The summed E-state index contributed by atoms with van der Waals surface area (Å²) in [6, 6.07) is 14.5. The predicted octanol–water partition coefficient (Wildman–Crippen LogP) is 4.94. The molecule has 2 rings (SSSR count). The number of allylic oxidation sites excluding steroid dienone is 1. The number of benzene rings is 2. The lowest BCUT2D eigenvalue weighted by molar-refractivity contribution is 0.877. The first-order valence-corrected chi connectivity index (χ1v) is 8.61. The average molecular weight is 333 g/mol. The Balaban J connectivity index is 2.19. The maximum atomic E-state index is 6.24. The molecule has 2 aromatic carbocycles. The quantitative estimate of drug-likeness (QED) is 0.531. The molecular formula is C22H27N3. The van der Waals surface area contributed by atoms with Crippen molar-refractivity contribution >= 4 is 17.1 Å². The molecule has 0 atom stereocenters. The van der Waals surface area contributed by atoms with Crippen molar-refractivity contribution < 1.29 is 0 Å². The molecule has 0 radical (unpaired) electrons. The van der Waals surface area contributed by atoms with Crippen molar-refractivity contribution in [3.8, 4) is 12.3 Å². The molecule has 0 aromatic heterocycles. The van der Waals surface area contributed by atoms with Gasteiger partial charge in [0.05, 0.1) is 17.9 Å². The zero-order valence-electron chi connectivity index (χ0n) is 15.2. The van der Waals surface area contributed by atoms with Crippen LogP contribution in [0.25, 0.3) is 0 Å². The largest absolute Gasteiger partial charge is 0.397 e. The van der Waals surface area contributed by atoms with Crippen molar-refractivity contribution in [2.24, 2.45) is 0 Å². The first kappa shape index (κ1) is 18.5. The van der Waals surface area contributed by atoms with Gasteiger partial charge in [0.25, 0.3) is 0 Å². The molecule has 0 heterocycles. The summed E-state index contributed by atoms with van der Waals surface area (Å²) in [5, 5.41) is 3.29. The number of rotatable bonds is 8. The third-order valence-electron chi connectivity index (χ3n) is 4.00. The fourth-order valence-electron chi connectivity index (χ4n) is 2.79. The van der Waals surface area contributed by atoms with E-state index >= 15 is 0 Å². The molecule has 0 bridgehead atoms. The van der Waals surface area contributed by atoms with Gasteiger partial charge in [0, 0.05) is 17.9 Å². The SMILES string of the molecule is C#CCN(Cc1cccc(C)c1)c1ccc(NC(=C)CCC)c(N)c1.